The zero-order valence-corrected chi connectivity index (χ0v) is 18.6. The summed E-state index contributed by atoms with van der Waals surface area (Å²) in [5.74, 6) is 0.673. The van der Waals surface area contributed by atoms with Crippen molar-refractivity contribution in [3.05, 3.63) is 65.9 Å². The summed E-state index contributed by atoms with van der Waals surface area (Å²) < 4.78 is 10.7. The van der Waals surface area contributed by atoms with Crippen molar-refractivity contribution >= 4 is 11.8 Å². The Labute approximate surface area is 187 Å². The number of nitrogens with one attached hydrogen (secondary N) is 1. The Morgan fingerprint density at radius 2 is 2.09 bits per heavy atom. The second-order valence-electron chi connectivity index (χ2n) is 7.59. The van der Waals surface area contributed by atoms with Gasteiger partial charge < -0.3 is 24.5 Å². The number of allylic oxidation sites excluding steroid dienone is 2. The number of amides is 2. The highest BCUT2D eigenvalue weighted by molar-refractivity contribution is 5.97. The van der Waals surface area contributed by atoms with Gasteiger partial charge in [0.2, 0.25) is 11.8 Å². The van der Waals surface area contributed by atoms with Gasteiger partial charge in [-0.25, -0.2) is 4.98 Å². The molecule has 0 spiro atoms. The van der Waals surface area contributed by atoms with Crippen molar-refractivity contribution in [2.45, 2.75) is 45.9 Å². The molecule has 0 aliphatic carbocycles. The molecule has 1 fully saturated rings. The summed E-state index contributed by atoms with van der Waals surface area (Å²) in [7, 11) is 0. The van der Waals surface area contributed by atoms with Gasteiger partial charge in [-0.1, -0.05) is 24.3 Å². The standard InChI is InChI=1S/C24H29N3O5/c1-4-20(31-5-2)10-16(3)24(30)27-14-19(28)11-21(27)23(29)26-12-17-6-8-18(9-7-17)22-13-25-15-32-22/h4,6-10,13,15,19,21,28H,5,11-12,14H2,1-3H3,(H,26,29)/b16-10+,20-4+/t19-,21+/m1/s1. The number of hydrogen-bond donors (Lipinski definition) is 2. The number of oxazole rings is 1. The Morgan fingerprint density at radius 1 is 1.34 bits per heavy atom. The summed E-state index contributed by atoms with van der Waals surface area (Å²) in [6, 6.07) is 6.84. The minimum absolute atomic E-state index is 0.119. The molecule has 32 heavy (non-hydrogen) atoms. The van der Waals surface area contributed by atoms with E-state index in [1.165, 1.54) is 11.3 Å². The maximum absolute atomic E-state index is 13.0. The van der Waals surface area contributed by atoms with Crippen LogP contribution in [0, 0.1) is 0 Å². The van der Waals surface area contributed by atoms with Gasteiger partial charge in [-0.3, -0.25) is 9.59 Å². The van der Waals surface area contributed by atoms with Gasteiger partial charge in [0.15, 0.2) is 12.2 Å². The molecule has 1 aromatic carbocycles. The number of hydrogen-bond acceptors (Lipinski definition) is 6. The van der Waals surface area contributed by atoms with Crippen LogP contribution in [-0.4, -0.2) is 52.1 Å². The fourth-order valence-electron chi connectivity index (χ4n) is 3.62. The Balaban J connectivity index is 1.63. The van der Waals surface area contributed by atoms with Gasteiger partial charge in [0.05, 0.1) is 18.9 Å². The molecule has 1 aliphatic heterocycles. The molecule has 1 aliphatic rings. The number of ether oxygens (including phenoxy) is 1. The molecule has 2 aromatic rings. The van der Waals surface area contributed by atoms with Crippen molar-refractivity contribution in [2.75, 3.05) is 13.2 Å². The summed E-state index contributed by atoms with van der Waals surface area (Å²) in [5.41, 5.74) is 2.24. The van der Waals surface area contributed by atoms with Crippen molar-refractivity contribution in [3.8, 4) is 11.3 Å². The van der Waals surface area contributed by atoms with Crippen molar-refractivity contribution in [1.29, 1.82) is 0 Å². The molecule has 1 saturated heterocycles. The van der Waals surface area contributed by atoms with Gasteiger partial charge in [0.1, 0.15) is 11.8 Å². The second kappa shape index (κ2) is 10.8. The van der Waals surface area contributed by atoms with E-state index in [-0.39, 0.29) is 24.8 Å². The summed E-state index contributed by atoms with van der Waals surface area (Å²) in [6.45, 7) is 6.30. The van der Waals surface area contributed by atoms with E-state index in [0.29, 0.717) is 30.2 Å². The third-order valence-electron chi connectivity index (χ3n) is 5.27. The Hall–Kier alpha value is -3.39. The molecule has 170 valence electrons. The van der Waals surface area contributed by atoms with Crippen LogP contribution in [0.1, 0.15) is 32.8 Å². The van der Waals surface area contributed by atoms with Crippen LogP contribution in [0.3, 0.4) is 0 Å². The van der Waals surface area contributed by atoms with Gasteiger partial charge >= 0.3 is 0 Å². The topological polar surface area (TPSA) is 105 Å². The molecule has 0 saturated carbocycles. The number of carbonyl (C=O) groups excluding carboxylic acids is 2. The molecule has 1 aromatic heterocycles. The average Bonchev–Trinajstić information content (AvgIpc) is 3.47. The van der Waals surface area contributed by atoms with Crippen molar-refractivity contribution < 1.29 is 23.8 Å². The first-order valence-corrected chi connectivity index (χ1v) is 10.6. The molecule has 3 rings (SSSR count). The highest BCUT2D eigenvalue weighted by atomic mass is 16.5. The molecule has 8 nitrogen and oxygen atoms in total. The molecule has 2 atom stereocenters. The largest absolute Gasteiger partial charge is 0.494 e. The van der Waals surface area contributed by atoms with E-state index in [1.54, 1.807) is 25.3 Å². The predicted molar refractivity (Wildman–Crippen MR) is 119 cm³/mol. The predicted octanol–water partition coefficient (Wildman–Crippen LogP) is 2.81. The number of aliphatic hydroxyl groups excluding tert-OH is 1. The Morgan fingerprint density at radius 3 is 2.72 bits per heavy atom. The van der Waals surface area contributed by atoms with E-state index in [9.17, 15) is 14.7 Å². The molecule has 8 heteroatoms. The third-order valence-corrected chi connectivity index (χ3v) is 5.27. The van der Waals surface area contributed by atoms with Crippen LogP contribution in [0.4, 0.5) is 0 Å². The smallest absolute Gasteiger partial charge is 0.250 e. The summed E-state index contributed by atoms with van der Waals surface area (Å²) >= 11 is 0. The van der Waals surface area contributed by atoms with Crippen LogP contribution in [0.5, 0.6) is 0 Å². The second-order valence-corrected chi connectivity index (χ2v) is 7.59. The zero-order chi connectivity index (χ0) is 23.1. The van der Waals surface area contributed by atoms with Crippen LogP contribution in [0.15, 0.2) is 64.8 Å². The van der Waals surface area contributed by atoms with Crippen LogP contribution in [0.2, 0.25) is 0 Å². The molecule has 2 amide bonds. The number of aromatic nitrogens is 1. The first-order valence-electron chi connectivity index (χ1n) is 10.6. The van der Waals surface area contributed by atoms with Crippen LogP contribution >= 0.6 is 0 Å². The van der Waals surface area contributed by atoms with Crippen LogP contribution in [-0.2, 0) is 20.9 Å². The fourth-order valence-corrected chi connectivity index (χ4v) is 3.62. The lowest BCUT2D eigenvalue weighted by Gasteiger charge is -2.24. The summed E-state index contributed by atoms with van der Waals surface area (Å²) in [6.07, 6.45) is 5.91. The molecular formula is C24H29N3O5. The van der Waals surface area contributed by atoms with E-state index in [1.807, 2.05) is 38.1 Å². The maximum atomic E-state index is 13.0. The summed E-state index contributed by atoms with van der Waals surface area (Å²) in [4.78, 5) is 31.1. The van der Waals surface area contributed by atoms with Crippen LogP contribution in [0.25, 0.3) is 11.3 Å². The van der Waals surface area contributed by atoms with E-state index in [0.717, 1.165) is 11.1 Å². The minimum atomic E-state index is -0.739. The quantitative estimate of drug-likeness (QED) is 0.372. The molecular weight excluding hydrogens is 410 g/mol. The lowest BCUT2D eigenvalue weighted by Crippen LogP contribution is -2.46. The lowest BCUT2D eigenvalue weighted by atomic mass is 10.1. The third kappa shape index (κ3) is 5.64. The Bertz CT molecular complexity index is 980. The molecule has 0 radical (unpaired) electrons. The van der Waals surface area contributed by atoms with Gasteiger partial charge in [0, 0.05) is 30.6 Å². The van der Waals surface area contributed by atoms with E-state index in [4.69, 9.17) is 9.15 Å². The number of rotatable bonds is 8. The molecule has 2 heterocycles. The first kappa shape index (κ1) is 23.3. The van der Waals surface area contributed by atoms with Crippen molar-refractivity contribution in [2.24, 2.45) is 0 Å². The number of aliphatic hydroxyl groups is 1. The number of nitrogens with zero attached hydrogens (tertiary/aromatic N) is 2. The number of benzene rings is 1. The normalized spacial score (nSPS) is 19.2. The Kier molecular flexibility index (Phi) is 7.83. The number of β-amino-alcohol motifs (C(OH)–C–C–N with tert-alkyl or cyclic N) is 1. The van der Waals surface area contributed by atoms with E-state index in [2.05, 4.69) is 10.3 Å². The van der Waals surface area contributed by atoms with Gasteiger partial charge in [-0.05, 0) is 38.5 Å². The number of likely N-dealkylation sites (tertiary alicyclic amines) is 1. The van der Waals surface area contributed by atoms with Gasteiger partial charge in [-0.2, -0.15) is 0 Å². The van der Waals surface area contributed by atoms with E-state index >= 15 is 0 Å². The fraction of sp³-hybridized carbons (Fsp3) is 0.375. The highest BCUT2D eigenvalue weighted by Crippen LogP contribution is 2.22. The minimum Gasteiger partial charge on any atom is -0.494 e. The van der Waals surface area contributed by atoms with E-state index < -0.39 is 12.1 Å². The molecule has 2 N–H and O–H groups in total. The SMILES string of the molecule is C/C=C(\C=C(/C)C(=O)N1C[C@H](O)C[C@H]1C(=O)NCc1ccc(-c2cnco2)cc1)OCC. The number of carbonyl (C=O) groups is 2. The molecule has 0 bridgehead atoms. The zero-order valence-electron chi connectivity index (χ0n) is 18.6. The summed E-state index contributed by atoms with van der Waals surface area (Å²) in [5, 5.41) is 13.0. The van der Waals surface area contributed by atoms with Gasteiger partial charge in [-0.15, -0.1) is 0 Å². The van der Waals surface area contributed by atoms with Gasteiger partial charge in [0.25, 0.3) is 0 Å². The van der Waals surface area contributed by atoms with Crippen LogP contribution < -0.4 is 5.32 Å². The monoisotopic (exact) mass is 439 g/mol. The van der Waals surface area contributed by atoms with Crippen molar-refractivity contribution in [3.63, 3.8) is 0 Å². The van der Waals surface area contributed by atoms with Crippen molar-refractivity contribution in [1.82, 2.24) is 15.2 Å². The molecule has 0 unspecified atom stereocenters. The lowest BCUT2D eigenvalue weighted by molar-refractivity contribution is -0.135. The highest BCUT2D eigenvalue weighted by Gasteiger charge is 2.39. The first-order chi connectivity index (χ1) is 15.4. The average molecular weight is 440 g/mol. The maximum Gasteiger partial charge on any atom is 0.250 e.